The number of ether oxygens (including phenoxy) is 1. The van der Waals surface area contributed by atoms with E-state index in [0.717, 1.165) is 54.0 Å². The number of fused-ring (bicyclic) bond motifs is 1. The molecule has 156 valence electrons. The van der Waals surface area contributed by atoms with Crippen LogP contribution in [-0.4, -0.2) is 48.8 Å². The van der Waals surface area contributed by atoms with Gasteiger partial charge in [-0.2, -0.15) is 0 Å². The maximum absolute atomic E-state index is 11.2. The van der Waals surface area contributed by atoms with Gasteiger partial charge in [0.2, 0.25) is 5.76 Å². The number of rotatable bonds is 7. The Morgan fingerprint density at radius 3 is 2.73 bits per heavy atom. The molecule has 1 saturated heterocycles. The Hall–Kier alpha value is -2.77. The highest BCUT2D eigenvalue weighted by molar-refractivity contribution is 9.10. The molecule has 0 unspecified atom stereocenters. The summed E-state index contributed by atoms with van der Waals surface area (Å²) in [4.78, 5) is 15.9. The Balaban J connectivity index is 1.41. The van der Waals surface area contributed by atoms with E-state index in [1.165, 1.54) is 5.56 Å². The Labute approximate surface area is 183 Å². The Morgan fingerprint density at radius 2 is 2.00 bits per heavy atom. The van der Waals surface area contributed by atoms with Gasteiger partial charge in [0.15, 0.2) is 0 Å². The minimum Gasteiger partial charge on any atom is -0.490 e. The third-order valence-electron chi connectivity index (χ3n) is 5.21. The van der Waals surface area contributed by atoms with Gasteiger partial charge in [0, 0.05) is 44.2 Å². The molecule has 0 saturated carbocycles. The van der Waals surface area contributed by atoms with Crippen molar-refractivity contribution in [2.24, 2.45) is 0 Å². The Kier molecular flexibility index (Phi) is 6.11. The first kappa shape index (κ1) is 20.5. The lowest BCUT2D eigenvalue weighted by Gasteiger charge is -2.36. The molecular weight excluding hydrogens is 448 g/mol. The summed E-state index contributed by atoms with van der Waals surface area (Å²) in [5, 5.41) is 9.95. The number of furan rings is 1. The van der Waals surface area contributed by atoms with Gasteiger partial charge in [-0.25, -0.2) is 4.79 Å². The molecule has 0 radical (unpaired) electrons. The third-order valence-corrected chi connectivity index (χ3v) is 6.04. The van der Waals surface area contributed by atoms with Gasteiger partial charge in [-0.3, -0.25) is 4.90 Å². The largest absolute Gasteiger partial charge is 0.490 e. The van der Waals surface area contributed by atoms with E-state index in [9.17, 15) is 4.79 Å². The van der Waals surface area contributed by atoms with Crippen molar-refractivity contribution < 1.29 is 19.1 Å². The third kappa shape index (κ3) is 4.37. The van der Waals surface area contributed by atoms with E-state index in [1.54, 1.807) is 12.1 Å². The Morgan fingerprint density at radius 1 is 1.20 bits per heavy atom. The molecule has 3 aromatic rings. The quantitative estimate of drug-likeness (QED) is 0.501. The van der Waals surface area contributed by atoms with Crippen molar-refractivity contribution in [3.05, 3.63) is 70.9 Å². The second kappa shape index (κ2) is 8.93. The standard InChI is InChI=1S/C23H23BrN2O4/c1-2-12-29-17-5-3-4-16(13-17)15-25-8-10-26(11-9-25)19-6-7-20-18(22(19)24)14-21(30-20)23(27)28/h2-7,13-14H,1,8-12,15H2,(H,27,28). The van der Waals surface area contributed by atoms with E-state index in [1.807, 2.05) is 24.3 Å². The minimum atomic E-state index is -1.06. The lowest BCUT2D eigenvalue weighted by molar-refractivity contribution is 0.0665. The van der Waals surface area contributed by atoms with Gasteiger partial charge < -0.3 is 19.2 Å². The van der Waals surface area contributed by atoms with Crippen molar-refractivity contribution >= 4 is 38.6 Å². The van der Waals surface area contributed by atoms with Crippen molar-refractivity contribution in [2.45, 2.75) is 6.54 Å². The van der Waals surface area contributed by atoms with Gasteiger partial charge in [-0.15, -0.1) is 0 Å². The molecule has 6 nitrogen and oxygen atoms in total. The molecule has 1 aromatic heterocycles. The highest BCUT2D eigenvalue weighted by Gasteiger charge is 2.21. The van der Waals surface area contributed by atoms with Crippen LogP contribution in [0.15, 0.2) is 64.0 Å². The summed E-state index contributed by atoms with van der Waals surface area (Å²) in [6.07, 6.45) is 1.74. The smallest absolute Gasteiger partial charge is 0.371 e. The fourth-order valence-corrected chi connectivity index (χ4v) is 4.40. The van der Waals surface area contributed by atoms with Crippen LogP contribution in [-0.2, 0) is 6.54 Å². The number of carboxylic acids is 1. The zero-order valence-electron chi connectivity index (χ0n) is 16.5. The fraction of sp³-hybridized carbons (Fsp3) is 0.261. The van der Waals surface area contributed by atoms with Crippen LogP contribution in [0.3, 0.4) is 0 Å². The summed E-state index contributed by atoms with van der Waals surface area (Å²) in [6, 6.07) is 13.6. The summed E-state index contributed by atoms with van der Waals surface area (Å²) in [5.74, 6) is -0.247. The van der Waals surface area contributed by atoms with E-state index in [2.05, 4.69) is 44.4 Å². The van der Waals surface area contributed by atoms with E-state index in [0.29, 0.717) is 12.2 Å². The first-order valence-electron chi connectivity index (χ1n) is 9.80. The molecule has 0 spiro atoms. The molecule has 0 bridgehead atoms. The molecule has 0 atom stereocenters. The van der Waals surface area contributed by atoms with Crippen LogP contribution in [0, 0.1) is 0 Å². The topological polar surface area (TPSA) is 66.2 Å². The van der Waals surface area contributed by atoms with Crippen molar-refractivity contribution in [1.82, 2.24) is 4.90 Å². The molecule has 0 amide bonds. The summed E-state index contributed by atoms with van der Waals surface area (Å²) < 4.78 is 11.9. The molecule has 2 heterocycles. The fourth-order valence-electron chi connectivity index (χ4n) is 3.71. The molecule has 1 N–H and O–H groups in total. The molecule has 1 fully saturated rings. The van der Waals surface area contributed by atoms with E-state index in [4.69, 9.17) is 14.3 Å². The van der Waals surface area contributed by atoms with Crippen molar-refractivity contribution in [2.75, 3.05) is 37.7 Å². The lowest BCUT2D eigenvalue weighted by atomic mass is 10.1. The van der Waals surface area contributed by atoms with Gasteiger partial charge in [-0.1, -0.05) is 24.8 Å². The SMILES string of the molecule is C=CCOc1cccc(CN2CCN(c3ccc4oc(C(=O)O)cc4c3Br)CC2)c1. The molecule has 0 aliphatic carbocycles. The zero-order chi connectivity index (χ0) is 21.1. The number of anilines is 1. The second-order valence-electron chi connectivity index (χ2n) is 7.24. The number of benzene rings is 2. The maximum Gasteiger partial charge on any atom is 0.371 e. The van der Waals surface area contributed by atoms with Crippen LogP contribution in [0.2, 0.25) is 0 Å². The number of nitrogens with zero attached hydrogens (tertiary/aromatic N) is 2. The lowest BCUT2D eigenvalue weighted by Crippen LogP contribution is -2.46. The number of piperazine rings is 1. The summed E-state index contributed by atoms with van der Waals surface area (Å²) >= 11 is 3.65. The summed E-state index contributed by atoms with van der Waals surface area (Å²) in [7, 11) is 0. The van der Waals surface area contributed by atoms with Gasteiger partial charge in [0.05, 0.1) is 10.2 Å². The molecule has 1 aliphatic rings. The van der Waals surface area contributed by atoms with Gasteiger partial charge >= 0.3 is 5.97 Å². The van der Waals surface area contributed by atoms with E-state index >= 15 is 0 Å². The number of hydrogen-bond donors (Lipinski definition) is 1. The van der Waals surface area contributed by atoms with Crippen LogP contribution in [0.4, 0.5) is 5.69 Å². The molecule has 4 rings (SSSR count). The van der Waals surface area contributed by atoms with Gasteiger partial charge in [0.1, 0.15) is 17.9 Å². The van der Waals surface area contributed by atoms with Crippen molar-refractivity contribution in [3.63, 3.8) is 0 Å². The van der Waals surface area contributed by atoms with E-state index in [-0.39, 0.29) is 5.76 Å². The zero-order valence-corrected chi connectivity index (χ0v) is 18.1. The van der Waals surface area contributed by atoms with Crippen LogP contribution in [0.5, 0.6) is 5.75 Å². The first-order valence-corrected chi connectivity index (χ1v) is 10.6. The summed E-state index contributed by atoms with van der Waals surface area (Å²) in [6.45, 7) is 8.72. The van der Waals surface area contributed by atoms with Gasteiger partial charge in [0.25, 0.3) is 0 Å². The highest BCUT2D eigenvalue weighted by Crippen LogP contribution is 2.36. The first-order chi connectivity index (χ1) is 14.5. The average Bonchev–Trinajstić information content (AvgIpc) is 3.19. The Bertz CT molecular complexity index is 1070. The van der Waals surface area contributed by atoms with Crippen LogP contribution in [0.25, 0.3) is 11.0 Å². The van der Waals surface area contributed by atoms with Crippen LogP contribution in [0.1, 0.15) is 16.1 Å². The van der Waals surface area contributed by atoms with Crippen LogP contribution < -0.4 is 9.64 Å². The van der Waals surface area contributed by atoms with Gasteiger partial charge in [-0.05, 0) is 45.8 Å². The summed E-state index contributed by atoms with van der Waals surface area (Å²) in [5.41, 5.74) is 2.85. The molecule has 7 heteroatoms. The molecular formula is C23H23BrN2O4. The predicted molar refractivity (Wildman–Crippen MR) is 120 cm³/mol. The van der Waals surface area contributed by atoms with Crippen LogP contribution >= 0.6 is 15.9 Å². The number of aromatic carboxylic acids is 1. The van der Waals surface area contributed by atoms with Crippen molar-refractivity contribution in [3.8, 4) is 5.75 Å². The maximum atomic E-state index is 11.2. The number of halogens is 1. The normalized spacial score (nSPS) is 14.8. The number of carbonyl (C=O) groups is 1. The molecule has 1 aliphatic heterocycles. The number of hydrogen-bond acceptors (Lipinski definition) is 5. The molecule has 2 aromatic carbocycles. The monoisotopic (exact) mass is 470 g/mol. The highest BCUT2D eigenvalue weighted by atomic mass is 79.9. The molecule has 30 heavy (non-hydrogen) atoms. The minimum absolute atomic E-state index is 0.0491. The second-order valence-corrected chi connectivity index (χ2v) is 8.03. The van der Waals surface area contributed by atoms with E-state index < -0.39 is 5.97 Å². The number of carboxylic acid groups (broad SMARTS) is 1. The predicted octanol–water partition coefficient (Wildman–Crippen LogP) is 4.78. The van der Waals surface area contributed by atoms with Crippen molar-refractivity contribution in [1.29, 1.82) is 0 Å². The average molecular weight is 471 g/mol.